The molecule has 3 heterocycles. The number of hydrogen-bond acceptors (Lipinski definition) is 3. The first-order chi connectivity index (χ1) is 8.79. The zero-order valence-electron chi connectivity index (χ0n) is 11.2. The predicted molar refractivity (Wildman–Crippen MR) is 84.6 cm³/mol. The molecular weight excluding hydrogens is 297 g/mol. The highest BCUT2D eigenvalue weighted by Crippen LogP contribution is 2.32. The van der Waals surface area contributed by atoms with Crippen LogP contribution in [-0.4, -0.2) is 23.0 Å². The van der Waals surface area contributed by atoms with Crippen molar-refractivity contribution in [1.29, 1.82) is 0 Å². The van der Waals surface area contributed by atoms with Crippen LogP contribution in [0.15, 0.2) is 24.4 Å². The molecule has 20 heavy (non-hydrogen) atoms. The summed E-state index contributed by atoms with van der Waals surface area (Å²) in [6.45, 7) is 0. The summed E-state index contributed by atoms with van der Waals surface area (Å²) in [6, 6.07) is 6.85. The number of hydrogen-bond donors (Lipinski definition) is 2. The Morgan fingerprint density at radius 3 is 2.55 bits per heavy atom. The number of nitrogens with one attached hydrogen (secondary N) is 2. The van der Waals surface area contributed by atoms with Crippen LogP contribution in [0, 0.1) is 5.92 Å². The van der Waals surface area contributed by atoms with Crippen LogP contribution >= 0.6 is 24.8 Å². The van der Waals surface area contributed by atoms with Gasteiger partial charge in [0, 0.05) is 24.7 Å². The lowest BCUT2D eigenvalue weighted by atomic mass is 9.89. The lowest BCUT2D eigenvalue weighted by Crippen LogP contribution is -2.39. The van der Waals surface area contributed by atoms with Crippen molar-refractivity contribution in [3.63, 3.8) is 0 Å². The van der Waals surface area contributed by atoms with Gasteiger partial charge in [0.15, 0.2) is 0 Å². The minimum Gasteiger partial charge on any atom is -0.311 e. The van der Waals surface area contributed by atoms with E-state index in [-0.39, 0.29) is 30.7 Å². The van der Waals surface area contributed by atoms with Crippen molar-refractivity contribution in [3.8, 4) is 0 Å². The van der Waals surface area contributed by atoms with Gasteiger partial charge in [0.25, 0.3) is 0 Å². The maximum atomic E-state index is 11.9. The van der Waals surface area contributed by atoms with Gasteiger partial charge in [-0.1, -0.05) is 6.07 Å². The zero-order chi connectivity index (χ0) is 12.4. The molecule has 1 aromatic rings. The molecule has 2 saturated heterocycles. The Morgan fingerprint density at radius 1 is 1.25 bits per heavy atom. The van der Waals surface area contributed by atoms with Gasteiger partial charge in [-0.2, -0.15) is 0 Å². The first-order valence-electron chi connectivity index (χ1n) is 6.76. The average molecular weight is 318 g/mol. The van der Waals surface area contributed by atoms with E-state index in [9.17, 15) is 4.79 Å². The lowest BCUT2D eigenvalue weighted by Gasteiger charge is -2.28. The van der Waals surface area contributed by atoms with Gasteiger partial charge in [-0.25, -0.2) is 4.98 Å². The van der Waals surface area contributed by atoms with Crippen LogP contribution < -0.4 is 10.6 Å². The van der Waals surface area contributed by atoms with Gasteiger partial charge >= 0.3 is 0 Å². The fraction of sp³-hybridized carbons (Fsp3) is 0.571. The first-order valence-corrected chi connectivity index (χ1v) is 6.76. The molecule has 2 aliphatic heterocycles. The van der Waals surface area contributed by atoms with E-state index in [2.05, 4.69) is 15.6 Å². The Bertz CT molecular complexity index is 418. The summed E-state index contributed by atoms with van der Waals surface area (Å²) in [7, 11) is 0. The van der Waals surface area contributed by atoms with Crippen molar-refractivity contribution >= 4 is 36.5 Å². The SMILES string of the molecule is Cl.Cl.O=C(CC1CC2CCC(C1)N2)Nc1ccccn1. The molecular formula is C14H21Cl2N3O. The molecule has 0 aromatic carbocycles. The zero-order valence-corrected chi connectivity index (χ0v) is 12.9. The molecule has 4 nitrogen and oxygen atoms in total. The molecule has 2 atom stereocenters. The third-order valence-corrected chi connectivity index (χ3v) is 3.98. The third-order valence-electron chi connectivity index (χ3n) is 3.98. The number of nitrogens with zero attached hydrogens (tertiary/aromatic N) is 1. The molecule has 3 rings (SSSR count). The van der Waals surface area contributed by atoms with E-state index in [0.717, 1.165) is 12.8 Å². The normalized spacial score (nSPS) is 27.1. The molecule has 0 aliphatic carbocycles. The van der Waals surface area contributed by atoms with Crippen LogP contribution in [0.3, 0.4) is 0 Å². The molecule has 2 fully saturated rings. The van der Waals surface area contributed by atoms with Crippen molar-refractivity contribution in [3.05, 3.63) is 24.4 Å². The third kappa shape index (κ3) is 4.33. The second-order valence-corrected chi connectivity index (χ2v) is 5.44. The second kappa shape index (κ2) is 7.81. The molecule has 2 aliphatic rings. The van der Waals surface area contributed by atoms with Crippen molar-refractivity contribution in [2.24, 2.45) is 5.92 Å². The van der Waals surface area contributed by atoms with Crippen LogP contribution in [-0.2, 0) is 4.79 Å². The Balaban J connectivity index is 0.000001000. The van der Waals surface area contributed by atoms with E-state index < -0.39 is 0 Å². The Hall–Kier alpha value is -0.840. The van der Waals surface area contributed by atoms with E-state index in [4.69, 9.17) is 0 Å². The Labute approximate surface area is 131 Å². The minimum atomic E-state index is 0. The van der Waals surface area contributed by atoms with E-state index in [1.807, 2.05) is 18.2 Å². The minimum absolute atomic E-state index is 0. The van der Waals surface area contributed by atoms with Gasteiger partial charge in [-0.05, 0) is 43.7 Å². The summed E-state index contributed by atoms with van der Waals surface area (Å²) < 4.78 is 0. The van der Waals surface area contributed by atoms with Crippen LogP contribution in [0.1, 0.15) is 32.1 Å². The molecule has 0 radical (unpaired) electrons. The fourth-order valence-corrected chi connectivity index (χ4v) is 3.23. The van der Waals surface area contributed by atoms with Crippen molar-refractivity contribution in [1.82, 2.24) is 10.3 Å². The maximum absolute atomic E-state index is 11.9. The number of rotatable bonds is 3. The highest BCUT2D eigenvalue weighted by molar-refractivity contribution is 5.89. The number of anilines is 1. The largest absolute Gasteiger partial charge is 0.311 e. The molecule has 112 valence electrons. The van der Waals surface area contributed by atoms with Crippen LogP contribution in [0.5, 0.6) is 0 Å². The lowest BCUT2D eigenvalue weighted by molar-refractivity contribution is -0.117. The monoisotopic (exact) mass is 317 g/mol. The van der Waals surface area contributed by atoms with Crippen LogP contribution in [0.4, 0.5) is 5.82 Å². The summed E-state index contributed by atoms with van der Waals surface area (Å²) >= 11 is 0. The Morgan fingerprint density at radius 2 is 1.95 bits per heavy atom. The van der Waals surface area contributed by atoms with Crippen molar-refractivity contribution in [2.45, 2.75) is 44.2 Å². The van der Waals surface area contributed by atoms with Crippen molar-refractivity contribution < 1.29 is 4.79 Å². The number of halogens is 2. The second-order valence-electron chi connectivity index (χ2n) is 5.44. The number of fused-ring (bicyclic) bond motifs is 2. The molecule has 1 amide bonds. The maximum Gasteiger partial charge on any atom is 0.225 e. The van der Waals surface area contributed by atoms with Crippen LogP contribution in [0.25, 0.3) is 0 Å². The quantitative estimate of drug-likeness (QED) is 0.901. The molecule has 1 aromatic heterocycles. The smallest absolute Gasteiger partial charge is 0.225 e. The van der Waals surface area contributed by atoms with Crippen LogP contribution in [0.2, 0.25) is 0 Å². The summed E-state index contributed by atoms with van der Waals surface area (Å²) in [4.78, 5) is 16.1. The van der Waals surface area contributed by atoms with E-state index >= 15 is 0 Å². The van der Waals surface area contributed by atoms with E-state index in [0.29, 0.717) is 30.2 Å². The van der Waals surface area contributed by atoms with Gasteiger partial charge in [-0.3, -0.25) is 4.79 Å². The number of amides is 1. The number of carbonyl (C=O) groups is 1. The van der Waals surface area contributed by atoms with Gasteiger partial charge in [0.2, 0.25) is 5.91 Å². The summed E-state index contributed by atoms with van der Waals surface area (Å²) in [6.07, 6.45) is 7.18. The highest BCUT2D eigenvalue weighted by Gasteiger charge is 2.34. The van der Waals surface area contributed by atoms with Crippen molar-refractivity contribution in [2.75, 3.05) is 5.32 Å². The highest BCUT2D eigenvalue weighted by atomic mass is 35.5. The average Bonchev–Trinajstić information content (AvgIpc) is 2.70. The number of pyridine rings is 1. The predicted octanol–water partition coefficient (Wildman–Crippen LogP) is 2.78. The number of carbonyl (C=O) groups excluding carboxylic acids is 1. The molecule has 0 saturated carbocycles. The summed E-state index contributed by atoms with van der Waals surface area (Å²) in [5.41, 5.74) is 0. The standard InChI is InChI=1S/C14H19N3O.2ClH/c18-14(17-13-3-1-2-6-15-13)9-10-7-11-4-5-12(8-10)16-11;;/h1-3,6,10-12,16H,4-5,7-9H2,(H,15,17,18);2*1H. The molecule has 0 spiro atoms. The molecule has 2 N–H and O–H groups in total. The van der Waals surface area contributed by atoms with Gasteiger partial charge in [0.05, 0.1) is 0 Å². The van der Waals surface area contributed by atoms with E-state index in [1.54, 1.807) is 6.20 Å². The number of piperidine rings is 1. The van der Waals surface area contributed by atoms with Gasteiger partial charge in [-0.15, -0.1) is 24.8 Å². The molecule has 2 bridgehead atoms. The molecule has 2 unspecified atom stereocenters. The first kappa shape index (κ1) is 17.2. The van der Waals surface area contributed by atoms with Gasteiger partial charge in [0.1, 0.15) is 5.82 Å². The number of aromatic nitrogens is 1. The summed E-state index contributed by atoms with van der Waals surface area (Å²) in [5.74, 6) is 1.28. The molecule has 6 heteroatoms. The topological polar surface area (TPSA) is 54.0 Å². The van der Waals surface area contributed by atoms with Gasteiger partial charge < -0.3 is 10.6 Å². The Kier molecular flexibility index (Phi) is 6.72. The van der Waals surface area contributed by atoms with E-state index in [1.165, 1.54) is 12.8 Å². The fourth-order valence-electron chi connectivity index (χ4n) is 3.23. The summed E-state index contributed by atoms with van der Waals surface area (Å²) in [5, 5.41) is 6.47.